The van der Waals surface area contributed by atoms with E-state index in [0.717, 1.165) is 44.0 Å². The maximum atomic E-state index is 9.71. The Bertz CT molecular complexity index is 684. The van der Waals surface area contributed by atoms with Gasteiger partial charge in [0.15, 0.2) is 0 Å². The number of aliphatic hydroxyl groups is 1. The van der Waals surface area contributed by atoms with Crippen LogP contribution >= 0.6 is 11.6 Å². The third kappa shape index (κ3) is 3.68. The first-order valence-electron chi connectivity index (χ1n) is 7.86. The number of rotatable bonds is 4. The highest BCUT2D eigenvalue weighted by Gasteiger charge is 2.18. The average molecular weight is 336 g/mol. The molecular weight excluding hydrogens is 314 g/mol. The Kier molecular flexibility index (Phi) is 4.90. The first-order chi connectivity index (χ1) is 11.1. The molecule has 0 bridgehead atoms. The van der Waals surface area contributed by atoms with Gasteiger partial charge in [0.05, 0.1) is 29.6 Å². The number of hydrogen-bond donors (Lipinski definition) is 1. The Morgan fingerprint density at radius 2 is 2.17 bits per heavy atom. The summed E-state index contributed by atoms with van der Waals surface area (Å²) in [5, 5.41) is 14.8. The normalized spacial score (nSPS) is 16.7. The van der Waals surface area contributed by atoms with Crippen LogP contribution in [0.25, 0.3) is 0 Å². The van der Waals surface area contributed by atoms with E-state index in [9.17, 15) is 5.11 Å². The smallest absolute Gasteiger partial charge is 0.137 e. The van der Waals surface area contributed by atoms with Crippen molar-refractivity contribution in [3.63, 3.8) is 0 Å². The number of nitrogens with zero attached hydrogens (tertiary/aromatic N) is 3. The van der Waals surface area contributed by atoms with Gasteiger partial charge in [0.2, 0.25) is 0 Å². The summed E-state index contributed by atoms with van der Waals surface area (Å²) in [5.41, 5.74) is 3.06. The minimum atomic E-state index is -0.525. The predicted octanol–water partition coefficient (Wildman–Crippen LogP) is 3.00. The molecule has 0 fully saturated rings. The second-order valence-corrected chi connectivity index (χ2v) is 6.40. The molecule has 23 heavy (non-hydrogen) atoms. The fourth-order valence-corrected chi connectivity index (χ4v) is 3.24. The Morgan fingerprint density at radius 3 is 2.87 bits per heavy atom. The number of ether oxygens (including phenoxy) is 1. The van der Waals surface area contributed by atoms with Crippen LogP contribution in [0.1, 0.15) is 36.4 Å². The molecule has 0 amide bonds. The van der Waals surface area contributed by atoms with Crippen LogP contribution in [0.2, 0.25) is 5.02 Å². The van der Waals surface area contributed by atoms with Gasteiger partial charge < -0.3 is 9.84 Å². The van der Waals surface area contributed by atoms with Gasteiger partial charge in [0.1, 0.15) is 5.75 Å². The van der Waals surface area contributed by atoms with E-state index < -0.39 is 6.10 Å². The molecule has 6 heteroatoms. The molecule has 1 aromatic heterocycles. The lowest BCUT2D eigenvalue weighted by atomic mass is 10.2. The highest BCUT2D eigenvalue weighted by molar-refractivity contribution is 6.32. The highest BCUT2D eigenvalue weighted by atomic mass is 35.5. The summed E-state index contributed by atoms with van der Waals surface area (Å²) in [4.78, 5) is 2.38. The summed E-state index contributed by atoms with van der Waals surface area (Å²) >= 11 is 6.21. The van der Waals surface area contributed by atoms with E-state index in [1.54, 1.807) is 14.0 Å². The monoisotopic (exact) mass is 335 g/mol. The summed E-state index contributed by atoms with van der Waals surface area (Å²) in [5.74, 6) is 0.700. The first kappa shape index (κ1) is 16.3. The Balaban J connectivity index is 1.74. The third-order valence-electron chi connectivity index (χ3n) is 4.16. The van der Waals surface area contributed by atoms with Gasteiger partial charge in [-0.3, -0.25) is 9.58 Å². The van der Waals surface area contributed by atoms with E-state index in [2.05, 4.69) is 10.00 Å². The lowest BCUT2D eigenvalue weighted by Gasteiger charge is -2.20. The molecule has 0 radical (unpaired) electrons. The molecule has 0 aliphatic carbocycles. The second kappa shape index (κ2) is 6.91. The van der Waals surface area contributed by atoms with Gasteiger partial charge >= 0.3 is 0 Å². The number of hydrogen-bond acceptors (Lipinski definition) is 4. The molecule has 0 spiro atoms. The number of benzene rings is 1. The first-order valence-corrected chi connectivity index (χ1v) is 8.24. The average Bonchev–Trinajstić information content (AvgIpc) is 2.82. The molecule has 1 aliphatic heterocycles. The van der Waals surface area contributed by atoms with Gasteiger partial charge in [-0.15, -0.1) is 0 Å². The molecule has 1 atom stereocenters. The Hall–Kier alpha value is -1.56. The number of aliphatic hydroxyl groups excluding tert-OH is 1. The van der Waals surface area contributed by atoms with E-state index >= 15 is 0 Å². The van der Waals surface area contributed by atoms with E-state index in [4.69, 9.17) is 16.3 Å². The fraction of sp³-hybridized carbons (Fsp3) is 0.471. The quantitative estimate of drug-likeness (QED) is 0.933. The summed E-state index contributed by atoms with van der Waals surface area (Å²) in [6, 6.07) is 7.92. The van der Waals surface area contributed by atoms with Crippen molar-refractivity contribution < 1.29 is 9.84 Å². The molecule has 2 aromatic rings. The van der Waals surface area contributed by atoms with Crippen LogP contribution in [-0.4, -0.2) is 33.4 Å². The lowest BCUT2D eigenvalue weighted by Crippen LogP contribution is -2.22. The van der Waals surface area contributed by atoms with Crippen LogP contribution in [0.15, 0.2) is 24.3 Å². The molecular formula is C17H22ClN3O2. The highest BCUT2D eigenvalue weighted by Crippen LogP contribution is 2.26. The van der Waals surface area contributed by atoms with Crippen LogP contribution in [0.3, 0.4) is 0 Å². The summed E-state index contributed by atoms with van der Waals surface area (Å²) in [6.07, 6.45) is 0.515. The van der Waals surface area contributed by atoms with Crippen LogP contribution < -0.4 is 4.74 Å². The lowest BCUT2D eigenvalue weighted by molar-refractivity contribution is 0.193. The molecule has 5 nitrogen and oxygen atoms in total. The molecule has 1 aromatic carbocycles. The van der Waals surface area contributed by atoms with Crippen molar-refractivity contribution in [2.75, 3.05) is 13.7 Å². The van der Waals surface area contributed by atoms with E-state index in [1.807, 2.05) is 28.9 Å². The summed E-state index contributed by atoms with van der Waals surface area (Å²) in [6.45, 7) is 5.31. The second-order valence-electron chi connectivity index (χ2n) is 5.99. The minimum Gasteiger partial charge on any atom is -0.495 e. The fourth-order valence-electron chi connectivity index (χ4n) is 2.96. The zero-order valence-electron chi connectivity index (χ0n) is 13.5. The predicted molar refractivity (Wildman–Crippen MR) is 89.6 cm³/mol. The number of fused-ring (bicyclic) bond motifs is 1. The van der Waals surface area contributed by atoms with Gasteiger partial charge in [0.25, 0.3) is 0 Å². The van der Waals surface area contributed by atoms with Gasteiger partial charge in [-0.2, -0.15) is 5.10 Å². The Morgan fingerprint density at radius 1 is 1.35 bits per heavy atom. The van der Waals surface area contributed by atoms with Crippen molar-refractivity contribution in [2.45, 2.75) is 39.1 Å². The van der Waals surface area contributed by atoms with Gasteiger partial charge in [-0.1, -0.05) is 17.7 Å². The molecule has 3 rings (SSSR count). The van der Waals surface area contributed by atoms with Crippen LogP contribution in [0.5, 0.6) is 5.75 Å². The van der Waals surface area contributed by atoms with Gasteiger partial charge in [0, 0.05) is 26.2 Å². The standard InChI is InChI=1S/C17H22ClN3O2/c1-12(22)16-9-14-11-20(6-3-7-21(14)19-16)10-13-4-5-17(23-2)15(18)8-13/h4-5,8-9,12,22H,3,6-7,10-11H2,1-2H3/t12-/m1/s1. The van der Waals surface area contributed by atoms with Crippen LogP contribution in [-0.2, 0) is 19.6 Å². The topological polar surface area (TPSA) is 50.5 Å². The Labute approximate surface area is 141 Å². The molecule has 2 heterocycles. The molecule has 1 aliphatic rings. The van der Waals surface area contributed by atoms with Crippen molar-refractivity contribution in [3.8, 4) is 5.75 Å². The van der Waals surface area contributed by atoms with Crippen LogP contribution in [0.4, 0.5) is 0 Å². The minimum absolute atomic E-state index is 0.525. The van der Waals surface area contributed by atoms with Gasteiger partial charge in [-0.05, 0) is 37.1 Å². The van der Waals surface area contributed by atoms with Crippen molar-refractivity contribution in [1.29, 1.82) is 0 Å². The number of methoxy groups -OCH3 is 1. The zero-order valence-corrected chi connectivity index (χ0v) is 14.3. The summed E-state index contributed by atoms with van der Waals surface area (Å²) < 4.78 is 7.22. The zero-order chi connectivity index (χ0) is 16.4. The van der Waals surface area contributed by atoms with Crippen molar-refractivity contribution >= 4 is 11.6 Å². The van der Waals surface area contributed by atoms with Crippen molar-refractivity contribution in [1.82, 2.24) is 14.7 Å². The van der Waals surface area contributed by atoms with Gasteiger partial charge in [-0.25, -0.2) is 0 Å². The van der Waals surface area contributed by atoms with Crippen molar-refractivity contribution in [2.24, 2.45) is 0 Å². The maximum Gasteiger partial charge on any atom is 0.137 e. The third-order valence-corrected chi connectivity index (χ3v) is 4.46. The van der Waals surface area contributed by atoms with E-state index in [-0.39, 0.29) is 0 Å². The SMILES string of the molecule is COc1ccc(CN2CCCn3nc([C@@H](C)O)cc3C2)cc1Cl. The molecule has 0 unspecified atom stereocenters. The van der Waals surface area contributed by atoms with E-state index in [1.165, 1.54) is 5.56 Å². The largest absolute Gasteiger partial charge is 0.495 e. The summed E-state index contributed by atoms with van der Waals surface area (Å²) in [7, 11) is 1.62. The molecule has 124 valence electrons. The number of aryl methyl sites for hydroxylation is 1. The van der Waals surface area contributed by atoms with Crippen LogP contribution in [0, 0.1) is 0 Å². The molecule has 0 saturated heterocycles. The molecule has 1 N–H and O–H groups in total. The molecule has 0 saturated carbocycles. The van der Waals surface area contributed by atoms with E-state index in [0.29, 0.717) is 10.8 Å². The number of halogens is 1. The maximum absolute atomic E-state index is 9.71. The van der Waals surface area contributed by atoms with Crippen molar-refractivity contribution in [3.05, 3.63) is 46.2 Å². The number of aromatic nitrogens is 2.